The number of hydrogen-bond acceptors (Lipinski definition) is 2. The first-order chi connectivity index (χ1) is 4.43. The highest BCUT2D eigenvalue weighted by Crippen LogP contribution is 2.05. The first-order valence-corrected chi connectivity index (χ1v) is 3.67. The molecule has 1 unspecified atom stereocenters. The Morgan fingerprint density at radius 1 is 1.44 bits per heavy atom. The molecule has 0 radical (unpaired) electrons. The maximum Gasteiger partial charge on any atom is 0.0695 e. The fourth-order valence-electron chi connectivity index (χ4n) is 1.19. The van der Waals surface area contributed by atoms with Crippen LogP contribution >= 0.6 is 0 Å². The van der Waals surface area contributed by atoms with Gasteiger partial charge in [0.05, 0.1) is 6.10 Å². The molecule has 0 amide bonds. The third kappa shape index (κ3) is 2.33. The molecular weight excluding hydrogens is 114 g/mol. The third-order valence-electron chi connectivity index (χ3n) is 1.83. The van der Waals surface area contributed by atoms with Crippen LogP contribution in [-0.4, -0.2) is 26.3 Å². The van der Waals surface area contributed by atoms with E-state index >= 15 is 0 Å². The predicted molar refractivity (Wildman–Crippen MR) is 37.5 cm³/mol. The topological polar surface area (TPSA) is 21.3 Å². The lowest BCUT2D eigenvalue weighted by molar-refractivity contribution is 0.0989. The van der Waals surface area contributed by atoms with Crippen molar-refractivity contribution in [2.24, 2.45) is 0 Å². The fourth-order valence-corrected chi connectivity index (χ4v) is 1.19. The lowest BCUT2D eigenvalue weighted by Gasteiger charge is -2.10. The molecule has 0 aliphatic carbocycles. The maximum atomic E-state index is 5.21. The van der Waals surface area contributed by atoms with Crippen molar-refractivity contribution in [2.45, 2.75) is 25.4 Å². The van der Waals surface area contributed by atoms with E-state index in [0.717, 1.165) is 6.54 Å². The van der Waals surface area contributed by atoms with Crippen molar-refractivity contribution >= 4 is 0 Å². The van der Waals surface area contributed by atoms with Crippen molar-refractivity contribution in [2.75, 3.05) is 20.2 Å². The van der Waals surface area contributed by atoms with Crippen molar-refractivity contribution in [3.63, 3.8) is 0 Å². The highest BCUT2D eigenvalue weighted by Gasteiger charge is 2.08. The van der Waals surface area contributed by atoms with Gasteiger partial charge in [0, 0.05) is 13.7 Å². The molecule has 0 bridgehead atoms. The monoisotopic (exact) mass is 129 g/mol. The van der Waals surface area contributed by atoms with Crippen LogP contribution in [-0.2, 0) is 4.74 Å². The predicted octanol–water partition coefficient (Wildman–Crippen LogP) is 0.775. The van der Waals surface area contributed by atoms with Crippen LogP contribution < -0.4 is 5.32 Å². The van der Waals surface area contributed by atoms with Gasteiger partial charge < -0.3 is 10.1 Å². The molecule has 1 fully saturated rings. The van der Waals surface area contributed by atoms with Gasteiger partial charge in [-0.15, -0.1) is 0 Å². The molecule has 54 valence electrons. The molecule has 9 heavy (non-hydrogen) atoms. The average Bonchev–Trinajstić information content (AvgIpc) is 2.13. The van der Waals surface area contributed by atoms with Crippen LogP contribution in [0.3, 0.4) is 0 Å². The van der Waals surface area contributed by atoms with E-state index in [1.165, 1.54) is 25.8 Å². The Morgan fingerprint density at radius 3 is 3.11 bits per heavy atom. The minimum atomic E-state index is 0.465. The molecule has 1 rings (SSSR count). The molecule has 1 heterocycles. The lowest BCUT2D eigenvalue weighted by atomic mass is 10.2. The van der Waals surface area contributed by atoms with Gasteiger partial charge in [0.2, 0.25) is 0 Å². The zero-order valence-electron chi connectivity index (χ0n) is 6.02. The summed E-state index contributed by atoms with van der Waals surface area (Å²) in [5.41, 5.74) is 0. The molecule has 0 aromatic heterocycles. The highest BCUT2D eigenvalue weighted by molar-refractivity contribution is 4.65. The van der Waals surface area contributed by atoms with Gasteiger partial charge >= 0.3 is 0 Å². The zero-order chi connectivity index (χ0) is 6.53. The van der Waals surface area contributed by atoms with Crippen molar-refractivity contribution in [3.8, 4) is 0 Å². The minimum Gasteiger partial charge on any atom is -0.380 e. The summed E-state index contributed by atoms with van der Waals surface area (Å²) < 4.78 is 5.21. The number of rotatable bonds is 1. The van der Waals surface area contributed by atoms with Crippen molar-refractivity contribution in [3.05, 3.63) is 0 Å². The van der Waals surface area contributed by atoms with Crippen LogP contribution in [0.5, 0.6) is 0 Å². The average molecular weight is 129 g/mol. The van der Waals surface area contributed by atoms with E-state index in [0.29, 0.717) is 6.10 Å². The minimum absolute atomic E-state index is 0.465. The number of nitrogens with one attached hydrogen (secondary N) is 1. The summed E-state index contributed by atoms with van der Waals surface area (Å²) in [4.78, 5) is 0. The summed E-state index contributed by atoms with van der Waals surface area (Å²) in [7, 11) is 1.79. The Labute approximate surface area is 56.6 Å². The van der Waals surface area contributed by atoms with Crippen molar-refractivity contribution < 1.29 is 4.74 Å². The standard InChI is InChI=1S/C7H15NO/c1-9-7-4-2-3-5-8-6-7/h7-8H,2-6H2,1H3. The van der Waals surface area contributed by atoms with E-state index in [-0.39, 0.29) is 0 Å². The first kappa shape index (κ1) is 7.03. The van der Waals surface area contributed by atoms with Crippen LogP contribution in [0.2, 0.25) is 0 Å². The number of hydrogen-bond donors (Lipinski definition) is 1. The molecule has 1 aliphatic heterocycles. The largest absolute Gasteiger partial charge is 0.380 e. The summed E-state index contributed by atoms with van der Waals surface area (Å²) in [6.07, 6.45) is 4.31. The van der Waals surface area contributed by atoms with Crippen molar-refractivity contribution in [1.29, 1.82) is 0 Å². The number of methoxy groups -OCH3 is 1. The molecule has 1 N–H and O–H groups in total. The van der Waals surface area contributed by atoms with Gasteiger partial charge in [0.15, 0.2) is 0 Å². The van der Waals surface area contributed by atoms with E-state index in [1.54, 1.807) is 7.11 Å². The normalized spacial score (nSPS) is 29.7. The van der Waals surface area contributed by atoms with Crippen molar-refractivity contribution in [1.82, 2.24) is 5.32 Å². The Hall–Kier alpha value is -0.0800. The molecule has 2 nitrogen and oxygen atoms in total. The van der Waals surface area contributed by atoms with Gasteiger partial charge in [-0.25, -0.2) is 0 Å². The number of ether oxygens (including phenoxy) is 1. The van der Waals surface area contributed by atoms with E-state index in [4.69, 9.17) is 4.74 Å². The zero-order valence-corrected chi connectivity index (χ0v) is 6.02. The molecule has 2 heteroatoms. The SMILES string of the molecule is COC1CCCCNC1. The summed E-state index contributed by atoms with van der Waals surface area (Å²) in [6.45, 7) is 2.20. The lowest BCUT2D eigenvalue weighted by Crippen LogP contribution is -2.25. The second-order valence-corrected chi connectivity index (χ2v) is 2.56. The van der Waals surface area contributed by atoms with Crippen LogP contribution in [0.25, 0.3) is 0 Å². The highest BCUT2D eigenvalue weighted by atomic mass is 16.5. The van der Waals surface area contributed by atoms with Gasteiger partial charge in [-0.05, 0) is 25.8 Å². The van der Waals surface area contributed by atoms with Gasteiger partial charge in [-0.3, -0.25) is 0 Å². The van der Waals surface area contributed by atoms with Gasteiger partial charge in [0.25, 0.3) is 0 Å². The maximum absolute atomic E-state index is 5.21. The van der Waals surface area contributed by atoms with Crippen LogP contribution in [0.15, 0.2) is 0 Å². The molecule has 1 aliphatic rings. The Kier molecular flexibility index (Phi) is 3.01. The van der Waals surface area contributed by atoms with Gasteiger partial charge in [-0.1, -0.05) is 0 Å². The van der Waals surface area contributed by atoms with Crippen LogP contribution in [0, 0.1) is 0 Å². The smallest absolute Gasteiger partial charge is 0.0695 e. The second kappa shape index (κ2) is 3.85. The van der Waals surface area contributed by atoms with Crippen LogP contribution in [0.1, 0.15) is 19.3 Å². The first-order valence-electron chi connectivity index (χ1n) is 3.67. The Bertz CT molecular complexity index is 67.3. The molecular formula is C7H15NO. The molecule has 0 aromatic rings. The summed E-state index contributed by atoms with van der Waals surface area (Å²) in [5, 5.41) is 3.32. The molecule has 0 spiro atoms. The Morgan fingerprint density at radius 2 is 2.33 bits per heavy atom. The van der Waals surface area contributed by atoms with Crippen LogP contribution in [0.4, 0.5) is 0 Å². The Balaban J connectivity index is 2.18. The summed E-state index contributed by atoms with van der Waals surface area (Å²) in [5.74, 6) is 0. The molecule has 0 aromatic carbocycles. The summed E-state index contributed by atoms with van der Waals surface area (Å²) >= 11 is 0. The van der Waals surface area contributed by atoms with Gasteiger partial charge in [0.1, 0.15) is 0 Å². The van der Waals surface area contributed by atoms with E-state index in [1.807, 2.05) is 0 Å². The third-order valence-corrected chi connectivity index (χ3v) is 1.83. The fraction of sp³-hybridized carbons (Fsp3) is 1.00. The molecule has 1 atom stereocenters. The van der Waals surface area contributed by atoms with Gasteiger partial charge in [-0.2, -0.15) is 0 Å². The molecule has 0 saturated carbocycles. The van der Waals surface area contributed by atoms with E-state index in [9.17, 15) is 0 Å². The van der Waals surface area contributed by atoms with E-state index < -0.39 is 0 Å². The quantitative estimate of drug-likeness (QED) is 0.564. The second-order valence-electron chi connectivity index (χ2n) is 2.56. The summed E-state index contributed by atoms with van der Waals surface area (Å²) in [6, 6.07) is 0. The van der Waals surface area contributed by atoms with E-state index in [2.05, 4.69) is 5.32 Å². The molecule has 1 saturated heterocycles.